The third-order valence-corrected chi connectivity index (χ3v) is 3.69. The van der Waals surface area contributed by atoms with Crippen LogP contribution in [0.1, 0.15) is 59.3 Å². The molecule has 0 saturated heterocycles. The Kier molecular flexibility index (Phi) is 6.74. The number of carbonyl (C=O) groups is 1. The van der Waals surface area contributed by atoms with Crippen molar-refractivity contribution in [1.82, 2.24) is 5.32 Å². The van der Waals surface area contributed by atoms with Gasteiger partial charge < -0.3 is 15.8 Å². The second-order valence-corrected chi connectivity index (χ2v) is 6.97. The molecule has 0 amide bonds. The number of guanidine groups is 1. The van der Waals surface area contributed by atoms with E-state index in [0.29, 0.717) is 12.0 Å². The lowest BCUT2D eigenvalue weighted by molar-refractivity contribution is -0.161. The number of halogens is 1. The molecule has 5 nitrogen and oxygen atoms in total. The van der Waals surface area contributed by atoms with Crippen molar-refractivity contribution in [2.45, 2.75) is 77.0 Å². The third-order valence-electron chi connectivity index (χ3n) is 3.69. The summed E-state index contributed by atoms with van der Waals surface area (Å²) in [7, 11) is 0. The monoisotopic (exact) mass is 409 g/mol. The van der Waals surface area contributed by atoms with E-state index in [-0.39, 0.29) is 41.9 Å². The highest BCUT2D eigenvalue weighted by atomic mass is 127. The quantitative estimate of drug-likeness (QED) is 0.325. The number of nitrogens with zero attached hydrogens (tertiary/aromatic N) is 1. The van der Waals surface area contributed by atoms with Gasteiger partial charge in [0.25, 0.3) is 0 Å². The number of hydrogen-bond acceptors (Lipinski definition) is 3. The molecule has 2 aliphatic rings. The number of esters is 1. The molecule has 2 rings (SSSR count). The van der Waals surface area contributed by atoms with E-state index in [2.05, 4.69) is 10.3 Å². The van der Waals surface area contributed by atoms with Crippen LogP contribution in [0.25, 0.3) is 0 Å². The number of aliphatic imine (C=N–C) groups is 1. The van der Waals surface area contributed by atoms with Crippen molar-refractivity contribution >= 4 is 35.9 Å². The van der Waals surface area contributed by atoms with Crippen molar-refractivity contribution in [3.8, 4) is 0 Å². The first kappa shape index (κ1) is 18.5. The van der Waals surface area contributed by atoms with E-state index in [1.165, 1.54) is 12.8 Å². The van der Waals surface area contributed by atoms with E-state index in [9.17, 15) is 4.79 Å². The first-order valence-corrected chi connectivity index (χ1v) is 7.66. The zero-order chi connectivity index (χ0) is 14.8. The Bertz CT molecular complexity index is 381. The maximum Gasteiger partial charge on any atom is 0.309 e. The molecular formula is C15H28IN3O2. The molecular weight excluding hydrogens is 381 g/mol. The Morgan fingerprint density at radius 1 is 1.14 bits per heavy atom. The fraction of sp³-hybridized carbons (Fsp3) is 0.867. The van der Waals surface area contributed by atoms with Crippen LogP contribution in [0, 0.1) is 5.92 Å². The van der Waals surface area contributed by atoms with E-state index >= 15 is 0 Å². The van der Waals surface area contributed by atoms with Gasteiger partial charge in [-0.3, -0.25) is 9.79 Å². The normalized spacial score (nSPS) is 26.7. The molecule has 0 unspecified atom stereocenters. The van der Waals surface area contributed by atoms with Gasteiger partial charge in [0, 0.05) is 6.04 Å². The fourth-order valence-corrected chi connectivity index (χ4v) is 2.50. The van der Waals surface area contributed by atoms with Gasteiger partial charge in [-0.25, -0.2) is 0 Å². The van der Waals surface area contributed by atoms with Crippen molar-refractivity contribution in [2.24, 2.45) is 16.6 Å². The number of ether oxygens (including phenoxy) is 1. The van der Waals surface area contributed by atoms with Crippen LogP contribution in [0.4, 0.5) is 0 Å². The summed E-state index contributed by atoms with van der Waals surface area (Å²) in [6.07, 6.45) is 5.91. The standard InChI is InChI=1S/C15H27N3O2.HI/c1-15(2,3)20-13(19)10-4-6-11(7-5-10)17-14(16)18-12-8-9-12;/h10-12H,4-9H2,1-3H3,(H3,16,17,18);1H. The molecule has 0 aromatic rings. The van der Waals surface area contributed by atoms with Gasteiger partial charge in [0.05, 0.1) is 12.0 Å². The van der Waals surface area contributed by atoms with Gasteiger partial charge in [-0.05, 0) is 59.3 Å². The zero-order valence-electron chi connectivity index (χ0n) is 13.2. The summed E-state index contributed by atoms with van der Waals surface area (Å²) in [5, 5.41) is 3.20. The highest BCUT2D eigenvalue weighted by Crippen LogP contribution is 2.28. The molecule has 0 radical (unpaired) electrons. The summed E-state index contributed by atoms with van der Waals surface area (Å²) in [4.78, 5) is 16.5. The van der Waals surface area contributed by atoms with Crippen LogP contribution >= 0.6 is 24.0 Å². The van der Waals surface area contributed by atoms with Crippen LogP contribution in [0.2, 0.25) is 0 Å². The Morgan fingerprint density at radius 3 is 2.19 bits per heavy atom. The lowest BCUT2D eigenvalue weighted by atomic mass is 9.86. The van der Waals surface area contributed by atoms with Crippen LogP contribution in [0.5, 0.6) is 0 Å². The second kappa shape index (κ2) is 7.65. The van der Waals surface area contributed by atoms with E-state index in [1.807, 2.05) is 20.8 Å². The van der Waals surface area contributed by atoms with E-state index in [0.717, 1.165) is 25.7 Å². The molecule has 0 atom stereocenters. The molecule has 0 spiro atoms. The number of hydrogen-bond donors (Lipinski definition) is 2. The molecule has 0 heterocycles. The van der Waals surface area contributed by atoms with Crippen LogP contribution in [-0.4, -0.2) is 29.6 Å². The molecule has 6 heteroatoms. The smallest absolute Gasteiger partial charge is 0.309 e. The molecule has 21 heavy (non-hydrogen) atoms. The first-order chi connectivity index (χ1) is 9.33. The summed E-state index contributed by atoms with van der Waals surface area (Å²) in [6.45, 7) is 5.72. The van der Waals surface area contributed by atoms with Gasteiger partial charge in [-0.15, -0.1) is 24.0 Å². The lowest BCUT2D eigenvalue weighted by Crippen LogP contribution is -2.36. The number of carbonyl (C=O) groups excluding carboxylic acids is 1. The average molecular weight is 409 g/mol. The minimum Gasteiger partial charge on any atom is -0.460 e. The van der Waals surface area contributed by atoms with E-state index in [4.69, 9.17) is 10.5 Å². The third kappa shape index (κ3) is 6.84. The molecule has 2 aliphatic carbocycles. The Balaban J connectivity index is 0.00000220. The van der Waals surface area contributed by atoms with Crippen LogP contribution in [0.15, 0.2) is 4.99 Å². The van der Waals surface area contributed by atoms with Gasteiger partial charge in [0.15, 0.2) is 5.96 Å². The summed E-state index contributed by atoms with van der Waals surface area (Å²) in [5.41, 5.74) is 5.47. The highest BCUT2D eigenvalue weighted by molar-refractivity contribution is 14.0. The maximum absolute atomic E-state index is 12.0. The Labute approximate surface area is 144 Å². The van der Waals surface area contributed by atoms with E-state index in [1.54, 1.807) is 0 Å². The summed E-state index contributed by atoms with van der Waals surface area (Å²) < 4.78 is 5.44. The van der Waals surface area contributed by atoms with Crippen molar-refractivity contribution in [3.05, 3.63) is 0 Å². The SMILES string of the molecule is CC(C)(C)OC(=O)C1CCC(N=C(N)NC2CC2)CC1.I. The summed E-state index contributed by atoms with van der Waals surface area (Å²) in [5.74, 6) is 0.524. The predicted molar refractivity (Wildman–Crippen MR) is 94.8 cm³/mol. The number of nitrogens with one attached hydrogen (secondary N) is 1. The van der Waals surface area contributed by atoms with Gasteiger partial charge in [0.1, 0.15) is 5.60 Å². The van der Waals surface area contributed by atoms with Gasteiger partial charge in [-0.2, -0.15) is 0 Å². The lowest BCUT2D eigenvalue weighted by Gasteiger charge is -2.28. The van der Waals surface area contributed by atoms with Gasteiger partial charge >= 0.3 is 5.97 Å². The van der Waals surface area contributed by atoms with Crippen molar-refractivity contribution in [1.29, 1.82) is 0 Å². The maximum atomic E-state index is 12.0. The molecule has 122 valence electrons. The number of rotatable bonds is 3. The van der Waals surface area contributed by atoms with Crippen LogP contribution in [0.3, 0.4) is 0 Å². The zero-order valence-corrected chi connectivity index (χ0v) is 15.6. The molecule has 0 aromatic carbocycles. The van der Waals surface area contributed by atoms with Crippen molar-refractivity contribution < 1.29 is 9.53 Å². The van der Waals surface area contributed by atoms with Crippen molar-refractivity contribution in [3.63, 3.8) is 0 Å². The molecule has 0 bridgehead atoms. The van der Waals surface area contributed by atoms with Gasteiger partial charge in [0.2, 0.25) is 0 Å². The average Bonchev–Trinajstić information content (AvgIpc) is 3.11. The molecule has 3 N–H and O–H groups in total. The van der Waals surface area contributed by atoms with Crippen LogP contribution in [-0.2, 0) is 9.53 Å². The minimum absolute atomic E-state index is 0. The number of nitrogens with two attached hydrogens (primary N) is 1. The molecule has 0 aliphatic heterocycles. The van der Waals surface area contributed by atoms with E-state index < -0.39 is 5.60 Å². The highest BCUT2D eigenvalue weighted by Gasteiger charge is 2.30. The molecule has 2 fully saturated rings. The first-order valence-electron chi connectivity index (χ1n) is 7.66. The predicted octanol–water partition coefficient (Wildman–Crippen LogP) is 2.57. The van der Waals surface area contributed by atoms with Crippen LogP contribution < -0.4 is 11.1 Å². The molecule has 2 saturated carbocycles. The summed E-state index contributed by atoms with van der Waals surface area (Å²) in [6, 6.07) is 0.789. The largest absolute Gasteiger partial charge is 0.460 e. The minimum atomic E-state index is -0.398. The topological polar surface area (TPSA) is 76.7 Å². The van der Waals surface area contributed by atoms with Crippen molar-refractivity contribution in [2.75, 3.05) is 0 Å². The second-order valence-electron chi connectivity index (χ2n) is 6.97. The Morgan fingerprint density at radius 2 is 1.71 bits per heavy atom. The molecule has 0 aromatic heterocycles. The summed E-state index contributed by atoms with van der Waals surface area (Å²) >= 11 is 0. The van der Waals surface area contributed by atoms with Gasteiger partial charge in [-0.1, -0.05) is 0 Å². The fourth-order valence-electron chi connectivity index (χ4n) is 2.50. The Hall–Kier alpha value is -0.530.